The third-order valence-electron chi connectivity index (χ3n) is 8.98. The molecule has 0 fully saturated rings. The number of fused-ring (bicyclic) bond motifs is 3. The van der Waals surface area contributed by atoms with E-state index < -0.39 is 0 Å². The van der Waals surface area contributed by atoms with E-state index in [4.69, 9.17) is 9.97 Å². The van der Waals surface area contributed by atoms with Gasteiger partial charge in [0.1, 0.15) is 0 Å². The molecule has 0 spiro atoms. The van der Waals surface area contributed by atoms with Gasteiger partial charge in [-0.3, -0.25) is 4.98 Å². The molecule has 0 atom stereocenters. The van der Waals surface area contributed by atoms with Crippen molar-refractivity contribution in [3.05, 3.63) is 176 Å². The Balaban J connectivity index is 1.29. The molecule has 230 valence electrons. The van der Waals surface area contributed by atoms with E-state index in [1.165, 1.54) is 36.9 Å². The van der Waals surface area contributed by atoms with Crippen LogP contribution in [0.25, 0.3) is 87.5 Å². The van der Waals surface area contributed by atoms with Gasteiger partial charge >= 0.3 is 0 Å². The van der Waals surface area contributed by atoms with Crippen LogP contribution in [0, 0.1) is 0 Å². The van der Waals surface area contributed by atoms with E-state index in [1.807, 2.05) is 54.1 Å². The minimum Gasteiger partial charge on any atom is -0.265 e. The number of pyridine rings is 1. The molecule has 0 aliphatic rings. The maximum Gasteiger partial charge on any atom is 0.160 e. The zero-order chi connectivity index (χ0) is 32.6. The fourth-order valence-electron chi connectivity index (χ4n) is 6.56. The fourth-order valence-corrected chi connectivity index (χ4v) is 7.80. The van der Waals surface area contributed by atoms with E-state index in [-0.39, 0.29) is 0 Å². The second-order valence-electron chi connectivity index (χ2n) is 12.1. The molecule has 0 bridgehead atoms. The number of nitrogens with zero attached hydrogens (tertiary/aromatic N) is 3. The number of hydrogen-bond acceptors (Lipinski definition) is 4. The van der Waals surface area contributed by atoms with Crippen molar-refractivity contribution < 1.29 is 0 Å². The molecule has 0 aliphatic carbocycles. The number of thiophene rings is 1. The van der Waals surface area contributed by atoms with Crippen molar-refractivity contribution in [2.75, 3.05) is 0 Å². The van der Waals surface area contributed by atoms with E-state index in [0.717, 1.165) is 44.8 Å². The van der Waals surface area contributed by atoms with Crippen LogP contribution in [0.3, 0.4) is 0 Å². The zero-order valence-electron chi connectivity index (χ0n) is 26.5. The zero-order valence-corrected chi connectivity index (χ0v) is 27.3. The molecule has 0 N–H and O–H groups in total. The van der Waals surface area contributed by atoms with Gasteiger partial charge in [0.15, 0.2) is 5.82 Å². The summed E-state index contributed by atoms with van der Waals surface area (Å²) in [6.45, 7) is 0. The molecule has 0 amide bonds. The average Bonchev–Trinajstić information content (AvgIpc) is 3.58. The molecule has 3 nitrogen and oxygen atoms in total. The van der Waals surface area contributed by atoms with Crippen molar-refractivity contribution >= 4 is 31.5 Å². The Morgan fingerprint density at radius 2 is 0.939 bits per heavy atom. The molecule has 3 aromatic heterocycles. The predicted octanol–water partition coefficient (Wildman–Crippen LogP) is 12.2. The summed E-state index contributed by atoms with van der Waals surface area (Å²) in [5.74, 6) is 0.689. The normalized spacial score (nSPS) is 11.3. The third-order valence-corrected chi connectivity index (χ3v) is 10.2. The number of hydrogen-bond donors (Lipinski definition) is 0. The highest BCUT2D eigenvalue weighted by Gasteiger charge is 2.16. The van der Waals surface area contributed by atoms with E-state index in [2.05, 4.69) is 138 Å². The molecule has 0 radical (unpaired) electrons. The van der Waals surface area contributed by atoms with Gasteiger partial charge in [0, 0.05) is 49.3 Å². The second kappa shape index (κ2) is 12.4. The molecule has 0 saturated carbocycles. The highest BCUT2D eigenvalue weighted by Crippen LogP contribution is 2.42. The lowest BCUT2D eigenvalue weighted by Crippen LogP contribution is -1.96. The van der Waals surface area contributed by atoms with Crippen LogP contribution in [-0.4, -0.2) is 15.0 Å². The quantitative estimate of drug-likeness (QED) is 0.181. The summed E-state index contributed by atoms with van der Waals surface area (Å²) < 4.78 is 2.58. The van der Waals surface area contributed by atoms with Gasteiger partial charge in [0.05, 0.1) is 11.4 Å². The van der Waals surface area contributed by atoms with Gasteiger partial charge in [-0.05, 0) is 81.9 Å². The molecule has 0 unspecified atom stereocenters. The van der Waals surface area contributed by atoms with Crippen molar-refractivity contribution in [2.45, 2.75) is 0 Å². The molecule has 9 aromatic rings. The van der Waals surface area contributed by atoms with Gasteiger partial charge in [0.2, 0.25) is 0 Å². The Bertz CT molecular complexity index is 2540. The predicted molar refractivity (Wildman–Crippen MR) is 205 cm³/mol. The highest BCUT2D eigenvalue weighted by atomic mass is 32.1. The van der Waals surface area contributed by atoms with Crippen LogP contribution in [0.2, 0.25) is 0 Å². The van der Waals surface area contributed by atoms with Gasteiger partial charge < -0.3 is 0 Å². The molecule has 9 rings (SSSR count). The summed E-state index contributed by atoms with van der Waals surface area (Å²) in [5, 5.41) is 2.58. The Morgan fingerprint density at radius 1 is 0.367 bits per heavy atom. The minimum absolute atomic E-state index is 0.689. The molecule has 0 saturated heterocycles. The van der Waals surface area contributed by atoms with Crippen molar-refractivity contribution in [2.24, 2.45) is 0 Å². The summed E-state index contributed by atoms with van der Waals surface area (Å²) in [5.41, 5.74) is 11.8. The Kier molecular flexibility index (Phi) is 7.34. The summed E-state index contributed by atoms with van der Waals surface area (Å²) in [7, 11) is 0. The van der Waals surface area contributed by atoms with Gasteiger partial charge in [-0.25, -0.2) is 9.97 Å². The van der Waals surface area contributed by atoms with Crippen LogP contribution in [0.4, 0.5) is 0 Å². The largest absolute Gasteiger partial charge is 0.265 e. The van der Waals surface area contributed by atoms with Crippen LogP contribution in [0.5, 0.6) is 0 Å². The summed E-state index contributed by atoms with van der Waals surface area (Å²) in [6.07, 6.45) is 3.62. The van der Waals surface area contributed by atoms with Crippen LogP contribution in [-0.2, 0) is 0 Å². The van der Waals surface area contributed by atoms with Gasteiger partial charge in [-0.2, -0.15) is 0 Å². The SMILES string of the molecule is c1ccc(-c2cccc(-c3cc(-c4cc(-c5ccncc5)nc(-c5ccccc5)n4)cc(-c4cccc5c4sc4ccccc45)c3)c2)cc1. The number of benzene rings is 6. The summed E-state index contributed by atoms with van der Waals surface area (Å²) in [4.78, 5) is 14.5. The lowest BCUT2D eigenvalue weighted by Gasteiger charge is -2.14. The first kappa shape index (κ1) is 29.0. The Hall–Kier alpha value is -6.23. The first-order chi connectivity index (χ1) is 24.3. The molecule has 49 heavy (non-hydrogen) atoms. The first-order valence-electron chi connectivity index (χ1n) is 16.3. The van der Waals surface area contributed by atoms with Gasteiger partial charge in [-0.1, -0.05) is 115 Å². The summed E-state index contributed by atoms with van der Waals surface area (Å²) in [6, 6.07) is 57.9. The smallest absolute Gasteiger partial charge is 0.160 e. The topological polar surface area (TPSA) is 38.7 Å². The average molecular weight is 644 g/mol. The maximum absolute atomic E-state index is 5.21. The van der Waals surface area contributed by atoms with E-state index in [1.54, 1.807) is 0 Å². The van der Waals surface area contributed by atoms with Crippen molar-refractivity contribution in [1.82, 2.24) is 15.0 Å². The van der Waals surface area contributed by atoms with E-state index in [0.29, 0.717) is 5.82 Å². The number of rotatable bonds is 6. The first-order valence-corrected chi connectivity index (χ1v) is 17.2. The lowest BCUT2D eigenvalue weighted by molar-refractivity contribution is 1.18. The van der Waals surface area contributed by atoms with Gasteiger partial charge in [0.25, 0.3) is 0 Å². The molecule has 3 heterocycles. The van der Waals surface area contributed by atoms with Crippen LogP contribution in [0.15, 0.2) is 176 Å². The van der Waals surface area contributed by atoms with Crippen molar-refractivity contribution in [3.63, 3.8) is 0 Å². The minimum atomic E-state index is 0.689. The standard InChI is InChI=1S/C45H29N3S/c1-3-11-30(12-4-1)33-15-9-16-34(25-33)35-26-36(38-18-10-19-40-39-17-7-8-20-43(39)49-44(38)40)28-37(27-35)42-29-41(31-21-23-46-24-22-31)47-45(48-42)32-13-5-2-6-14-32/h1-29H. The molecule has 6 aromatic carbocycles. The summed E-state index contributed by atoms with van der Waals surface area (Å²) >= 11 is 1.85. The Morgan fingerprint density at radius 3 is 1.73 bits per heavy atom. The van der Waals surface area contributed by atoms with E-state index in [9.17, 15) is 0 Å². The molecule has 4 heteroatoms. The molecular formula is C45H29N3S. The second-order valence-corrected chi connectivity index (χ2v) is 13.1. The van der Waals surface area contributed by atoms with E-state index >= 15 is 0 Å². The maximum atomic E-state index is 5.21. The van der Waals surface area contributed by atoms with Crippen molar-refractivity contribution in [1.29, 1.82) is 0 Å². The highest BCUT2D eigenvalue weighted by molar-refractivity contribution is 7.26. The van der Waals surface area contributed by atoms with Crippen LogP contribution in [0.1, 0.15) is 0 Å². The van der Waals surface area contributed by atoms with Crippen molar-refractivity contribution in [3.8, 4) is 67.3 Å². The molecular weight excluding hydrogens is 615 g/mol. The Labute approximate surface area is 288 Å². The van der Waals surface area contributed by atoms with Gasteiger partial charge in [-0.15, -0.1) is 11.3 Å². The third kappa shape index (κ3) is 5.58. The molecule has 0 aliphatic heterocycles. The lowest BCUT2D eigenvalue weighted by atomic mass is 9.92. The number of aromatic nitrogens is 3. The monoisotopic (exact) mass is 643 g/mol. The fraction of sp³-hybridized carbons (Fsp3) is 0. The van der Waals surface area contributed by atoms with Crippen LogP contribution < -0.4 is 0 Å². The van der Waals surface area contributed by atoms with Crippen LogP contribution >= 0.6 is 11.3 Å².